The van der Waals surface area contributed by atoms with Crippen molar-refractivity contribution in [2.75, 3.05) is 0 Å². The van der Waals surface area contributed by atoms with E-state index < -0.39 is 10.1 Å². The predicted molar refractivity (Wildman–Crippen MR) is 101 cm³/mol. The zero-order chi connectivity index (χ0) is 18.0. The lowest BCUT2D eigenvalue weighted by molar-refractivity contribution is 0.489. The zero-order valence-corrected chi connectivity index (χ0v) is 14.6. The lowest BCUT2D eigenvalue weighted by Crippen LogP contribution is -2.10. The maximum absolute atomic E-state index is 12.8. The van der Waals surface area contributed by atoms with Crippen LogP contribution in [0.4, 0.5) is 0 Å². The molecule has 0 unspecified atom stereocenters. The van der Waals surface area contributed by atoms with E-state index in [9.17, 15) is 8.42 Å². The van der Waals surface area contributed by atoms with E-state index >= 15 is 0 Å². The molecule has 0 spiro atoms. The highest BCUT2D eigenvalue weighted by molar-refractivity contribution is 7.87. The molecule has 4 rings (SSSR count). The highest BCUT2D eigenvalue weighted by Crippen LogP contribution is 2.37. The van der Waals surface area contributed by atoms with E-state index in [1.165, 1.54) is 12.1 Å². The molecule has 0 fully saturated rings. The Kier molecular flexibility index (Phi) is 4.14. The van der Waals surface area contributed by atoms with Crippen molar-refractivity contribution >= 4 is 21.0 Å². The Morgan fingerprint density at radius 3 is 2.08 bits per heavy atom. The molecule has 0 atom stereocenters. The number of hydrogen-bond acceptors (Lipinski definition) is 4. The smallest absolute Gasteiger partial charge is 0.339 e. The third kappa shape index (κ3) is 3.05. The van der Waals surface area contributed by atoms with Crippen molar-refractivity contribution in [3.63, 3.8) is 0 Å². The molecule has 0 aliphatic carbocycles. The molecule has 128 valence electrons. The summed E-state index contributed by atoms with van der Waals surface area (Å²) in [6.07, 6.45) is 1.65. The minimum Gasteiger partial charge on any atom is -0.378 e. The van der Waals surface area contributed by atoms with Gasteiger partial charge < -0.3 is 4.18 Å². The van der Waals surface area contributed by atoms with Crippen molar-refractivity contribution in [2.24, 2.45) is 0 Å². The predicted octanol–water partition coefficient (Wildman–Crippen LogP) is 4.67. The van der Waals surface area contributed by atoms with Crippen molar-refractivity contribution in [3.05, 3.63) is 91.1 Å². The first-order valence-corrected chi connectivity index (χ1v) is 9.49. The first kappa shape index (κ1) is 16.3. The molecule has 0 saturated carbocycles. The second-order valence-corrected chi connectivity index (χ2v) is 7.28. The van der Waals surface area contributed by atoms with Crippen LogP contribution in [0.5, 0.6) is 5.75 Å². The Morgan fingerprint density at radius 1 is 0.731 bits per heavy atom. The van der Waals surface area contributed by atoms with E-state index in [2.05, 4.69) is 4.98 Å². The number of benzene rings is 3. The van der Waals surface area contributed by atoms with Gasteiger partial charge in [0.1, 0.15) is 4.90 Å². The summed E-state index contributed by atoms with van der Waals surface area (Å²) < 4.78 is 31.2. The minimum atomic E-state index is -3.96. The third-order valence-corrected chi connectivity index (χ3v) is 5.27. The average molecular weight is 361 g/mol. The van der Waals surface area contributed by atoms with Gasteiger partial charge >= 0.3 is 10.1 Å². The quantitative estimate of drug-likeness (QED) is 0.496. The van der Waals surface area contributed by atoms with Crippen LogP contribution in [0.3, 0.4) is 0 Å². The van der Waals surface area contributed by atoms with Crippen LogP contribution in [-0.4, -0.2) is 13.4 Å². The highest BCUT2D eigenvalue weighted by atomic mass is 32.2. The number of fused-ring (bicyclic) bond motifs is 1. The summed E-state index contributed by atoms with van der Waals surface area (Å²) >= 11 is 0. The fraction of sp³-hybridized carbons (Fsp3) is 0. The maximum atomic E-state index is 12.8. The Morgan fingerprint density at radius 2 is 1.35 bits per heavy atom. The van der Waals surface area contributed by atoms with Gasteiger partial charge in [0.25, 0.3) is 0 Å². The van der Waals surface area contributed by atoms with Crippen LogP contribution >= 0.6 is 0 Å². The first-order chi connectivity index (χ1) is 12.6. The molecule has 5 heteroatoms. The van der Waals surface area contributed by atoms with Crippen LogP contribution in [0.2, 0.25) is 0 Å². The van der Waals surface area contributed by atoms with Gasteiger partial charge in [-0.2, -0.15) is 8.42 Å². The van der Waals surface area contributed by atoms with Gasteiger partial charge in [-0.05, 0) is 29.8 Å². The van der Waals surface area contributed by atoms with Crippen LogP contribution in [0.25, 0.3) is 22.0 Å². The third-order valence-electron chi connectivity index (χ3n) is 4.04. The molecule has 0 aliphatic heterocycles. The lowest BCUT2D eigenvalue weighted by Gasteiger charge is -2.14. The summed E-state index contributed by atoms with van der Waals surface area (Å²) in [5.74, 6) is 0.283. The van der Waals surface area contributed by atoms with Gasteiger partial charge in [0.05, 0.1) is 5.52 Å². The zero-order valence-electron chi connectivity index (χ0n) is 13.7. The van der Waals surface area contributed by atoms with Crippen LogP contribution in [0, 0.1) is 0 Å². The summed E-state index contributed by atoms with van der Waals surface area (Å²) in [5.41, 5.74) is 2.14. The van der Waals surface area contributed by atoms with Crippen LogP contribution < -0.4 is 4.18 Å². The van der Waals surface area contributed by atoms with E-state index in [1.807, 2.05) is 54.6 Å². The second kappa shape index (κ2) is 6.61. The number of pyridine rings is 1. The summed E-state index contributed by atoms with van der Waals surface area (Å²) in [6.45, 7) is 0. The SMILES string of the molecule is O=S(=O)(Oc1c(-c2ccccc2)cnc2ccccc12)c1ccccc1. The summed E-state index contributed by atoms with van der Waals surface area (Å²) in [7, 11) is -3.96. The molecule has 0 bridgehead atoms. The van der Waals surface area contributed by atoms with Crippen molar-refractivity contribution in [1.82, 2.24) is 4.98 Å². The first-order valence-electron chi connectivity index (χ1n) is 8.08. The summed E-state index contributed by atoms with van der Waals surface area (Å²) in [4.78, 5) is 4.56. The number of nitrogens with zero attached hydrogens (tertiary/aromatic N) is 1. The molecule has 1 heterocycles. The monoisotopic (exact) mass is 361 g/mol. The average Bonchev–Trinajstić information content (AvgIpc) is 2.69. The normalized spacial score (nSPS) is 11.4. The summed E-state index contributed by atoms with van der Waals surface area (Å²) in [5, 5.41) is 0.647. The Labute approximate surface area is 151 Å². The molecule has 0 N–H and O–H groups in total. The van der Waals surface area contributed by atoms with Gasteiger partial charge in [-0.1, -0.05) is 60.7 Å². The van der Waals surface area contributed by atoms with E-state index in [0.717, 1.165) is 5.56 Å². The van der Waals surface area contributed by atoms with Gasteiger partial charge in [0.15, 0.2) is 5.75 Å². The molecule has 26 heavy (non-hydrogen) atoms. The molecule has 1 aromatic heterocycles. The summed E-state index contributed by atoms with van der Waals surface area (Å²) in [6, 6.07) is 24.9. The standard InChI is InChI=1S/C21H15NO3S/c23-26(24,17-11-5-2-6-12-17)25-21-18-13-7-8-14-20(18)22-15-19(21)16-9-3-1-4-10-16/h1-15H. The van der Waals surface area contributed by atoms with Gasteiger partial charge in [-0.3, -0.25) is 4.98 Å². The van der Waals surface area contributed by atoms with Gasteiger partial charge in [-0.25, -0.2) is 0 Å². The number of rotatable bonds is 4. The number of para-hydroxylation sites is 1. The Bertz CT molecular complexity index is 1160. The van der Waals surface area contributed by atoms with E-state index in [4.69, 9.17) is 4.18 Å². The van der Waals surface area contributed by atoms with Crippen molar-refractivity contribution < 1.29 is 12.6 Å². The second-order valence-electron chi connectivity index (χ2n) is 5.73. The lowest BCUT2D eigenvalue weighted by atomic mass is 10.0. The van der Waals surface area contributed by atoms with Gasteiger partial charge in [0.2, 0.25) is 0 Å². The van der Waals surface area contributed by atoms with Crippen LogP contribution in [0.1, 0.15) is 0 Å². The van der Waals surface area contributed by atoms with Gasteiger partial charge in [0, 0.05) is 17.1 Å². The van der Waals surface area contributed by atoms with Crippen LogP contribution in [-0.2, 0) is 10.1 Å². The minimum absolute atomic E-state index is 0.111. The van der Waals surface area contributed by atoms with Gasteiger partial charge in [-0.15, -0.1) is 0 Å². The van der Waals surface area contributed by atoms with Crippen molar-refractivity contribution in [2.45, 2.75) is 4.90 Å². The molecule has 3 aromatic carbocycles. The Balaban J connectivity index is 1.93. The van der Waals surface area contributed by atoms with E-state index in [0.29, 0.717) is 16.5 Å². The molecule has 0 amide bonds. The van der Waals surface area contributed by atoms with E-state index in [1.54, 1.807) is 24.4 Å². The molecule has 4 nitrogen and oxygen atoms in total. The largest absolute Gasteiger partial charge is 0.378 e. The maximum Gasteiger partial charge on any atom is 0.339 e. The van der Waals surface area contributed by atoms with Crippen molar-refractivity contribution in [1.29, 1.82) is 0 Å². The number of hydrogen-bond donors (Lipinski definition) is 0. The molecule has 0 aliphatic rings. The number of aromatic nitrogens is 1. The van der Waals surface area contributed by atoms with Crippen molar-refractivity contribution in [3.8, 4) is 16.9 Å². The fourth-order valence-electron chi connectivity index (χ4n) is 2.77. The Hall–Kier alpha value is -3.18. The molecule has 4 aromatic rings. The molecule has 0 radical (unpaired) electrons. The van der Waals surface area contributed by atoms with E-state index in [-0.39, 0.29) is 10.6 Å². The van der Waals surface area contributed by atoms with Crippen LogP contribution in [0.15, 0.2) is 96.0 Å². The molecule has 0 saturated heterocycles. The molecular formula is C21H15NO3S. The fourth-order valence-corrected chi connectivity index (χ4v) is 3.76. The highest BCUT2D eigenvalue weighted by Gasteiger charge is 2.21. The molecular weight excluding hydrogens is 346 g/mol. The topological polar surface area (TPSA) is 56.3 Å².